The highest BCUT2D eigenvalue weighted by Crippen LogP contribution is 2.26. The molecular formula is C20H21N3O3S. The van der Waals surface area contributed by atoms with Crippen LogP contribution in [-0.4, -0.2) is 48.4 Å². The molecule has 0 N–H and O–H groups in total. The van der Waals surface area contributed by atoms with Crippen LogP contribution in [0.3, 0.4) is 0 Å². The summed E-state index contributed by atoms with van der Waals surface area (Å²) >= 11 is 1.49. The summed E-state index contributed by atoms with van der Waals surface area (Å²) in [7, 11) is 0. The predicted octanol–water partition coefficient (Wildman–Crippen LogP) is 4.01. The highest BCUT2D eigenvalue weighted by Gasteiger charge is 2.23. The molecule has 2 aromatic carbocycles. The Labute approximate surface area is 162 Å². The number of benzene rings is 2. The zero-order valence-corrected chi connectivity index (χ0v) is 15.9. The van der Waals surface area contributed by atoms with Gasteiger partial charge in [-0.15, -0.1) is 0 Å². The molecule has 1 aliphatic heterocycles. The number of aromatic nitrogens is 1. The Kier molecular flexibility index (Phi) is 5.20. The predicted molar refractivity (Wildman–Crippen MR) is 106 cm³/mol. The molecule has 0 saturated carbocycles. The van der Waals surface area contributed by atoms with Gasteiger partial charge in [0.15, 0.2) is 5.58 Å². The van der Waals surface area contributed by atoms with Crippen molar-refractivity contribution in [3.8, 4) is 0 Å². The van der Waals surface area contributed by atoms with Crippen LogP contribution < -0.4 is 4.90 Å². The van der Waals surface area contributed by atoms with Gasteiger partial charge in [-0.25, -0.2) is 9.78 Å². The fourth-order valence-corrected chi connectivity index (χ4v) is 3.50. The third-order valence-corrected chi connectivity index (χ3v) is 5.16. The van der Waals surface area contributed by atoms with Crippen LogP contribution in [0.25, 0.3) is 11.1 Å². The van der Waals surface area contributed by atoms with Crippen molar-refractivity contribution in [1.29, 1.82) is 0 Å². The molecule has 0 radical (unpaired) electrons. The van der Waals surface area contributed by atoms with E-state index in [2.05, 4.69) is 16.0 Å². The Hall–Kier alpha value is -2.67. The van der Waals surface area contributed by atoms with Gasteiger partial charge in [-0.3, -0.25) is 0 Å². The maximum absolute atomic E-state index is 12.3. The average Bonchev–Trinajstić information content (AvgIpc) is 3.15. The molecule has 1 fully saturated rings. The van der Waals surface area contributed by atoms with E-state index in [1.54, 1.807) is 4.90 Å². The fourth-order valence-electron chi connectivity index (χ4n) is 3.13. The van der Waals surface area contributed by atoms with Crippen molar-refractivity contribution in [1.82, 2.24) is 9.88 Å². The number of carbonyl (C=O) groups excluding carboxylic acids is 1. The first-order valence-electron chi connectivity index (χ1n) is 8.88. The van der Waals surface area contributed by atoms with Gasteiger partial charge in [-0.05, 0) is 24.0 Å². The van der Waals surface area contributed by atoms with E-state index in [1.807, 2.05) is 48.7 Å². The van der Waals surface area contributed by atoms with Crippen LogP contribution in [0, 0.1) is 0 Å². The van der Waals surface area contributed by atoms with E-state index in [0.29, 0.717) is 24.9 Å². The number of oxazole rings is 1. The summed E-state index contributed by atoms with van der Waals surface area (Å²) in [6.07, 6.45) is 1.69. The number of hydrogen-bond acceptors (Lipinski definition) is 6. The topological polar surface area (TPSA) is 58.8 Å². The second kappa shape index (κ2) is 7.92. The summed E-state index contributed by atoms with van der Waals surface area (Å²) in [6, 6.07) is 15.8. The number of hydrogen-bond donors (Lipinski definition) is 0. The molecule has 1 amide bonds. The first-order chi connectivity index (χ1) is 13.2. The van der Waals surface area contributed by atoms with E-state index in [9.17, 15) is 4.79 Å². The molecule has 0 bridgehead atoms. The third-order valence-electron chi connectivity index (χ3n) is 4.64. The zero-order valence-electron chi connectivity index (χ0n) is 15.1. The quantitative estimate of drug-likeness (QED) is 0.635. The minimum Gasteiger partial charge on any atom is -0.445 e. The largest absolute Gasteiger partial charge is 0.445 e. The van der Waals surface area contributed by atoms with Gasteiger partial charge >= 0.3 is 6.09 Å². The van der Waals surface area contributed by atoms with Crippen molar-refractivity contribution in [2.75, 3.05) is 37.3 Å². The van der Waals surface area contributed by atoms with Crippen molar-refractivity contribution >= 4 is 34.6 Å². The third kappa shape index (κ3) is 4.03. The second-order valence-electron chi connectivity index (χ2n) is 6.35. The molecule has 0 aliphatic carbocycles. The van der Waals surface area contributed by atoms with E-state index in [-0.39, 0.29) is 6.09 Å². The summed E-state index contributed by atoms with van der Waals surface area (Å²) in [5.41, 5.74) is 3.74. The van der Waals surface area contributed by atoms with Gasteiger partial charge in [0.1, 0.15) is 12.1 Å². The molecule has 1 saturated heterocycles. The molecule has 1 aromatic heterocycles. The summed E-state index contributed by atoms with van der Waals surface area (Å²) in [5, 5.41) is 0.674. The van der Waals surface area contributed by atoms with E-state index >= 15 is 0 Å². The van der Waals surface area contributed by atoms with Gasteiger partial charge in [0.2, 0.25) is 0 Å². The summed E-state index contributed by atoms with van der Waals surface area (Å²) < 4.78 is 11.1. The molecule has 3 aromatic rings. The Balaban J connectivity index is 1.33. The zero-order chi connectivity index (χ0) is 18.6. The molecule has 140 valence electrons. The molecule has 27 heavy (non-hydrogen) atoms. The lowest BCUT2D eigenvalue weighted by atomic mass is 10.2. The molecule has 1 aliphatic rings. The van der Waals surface area contributed by atoms with Crippen LogP contribution in [0.4, 0.5) is 10.5 Å². The van der Waals surface area contributed by atoms with Gasteiger partial charge in [0, 0.05) is 37.9 Å². The van der Waals surface area contributed by atoms with Crippen molar-refractivity contribution in [3.63, 3.8) is 0 Å². The lowest BCUT2D eigenvalue weighted by molar-refractivity contribution is 0.0942. The number of nitrogens with zero attached hydrogens (tertiary/aromatic N) is 3. The first-order valence-corrected chi connectivity index (χ1v) is 10.1. The maximum atomic E-state index is 12.3. The van der Waals surface area contributed by atoms with Crippen LogP contribution >= 0.6 is 11.8 Å². The molecule has 2 heterocycles. The lowest BCUT2D eigenvalue weighted by Crippen LogP contribution is -2.48. The van der Waals surface area contributed by atoms with E-state index in [1.165, 1.54) is 11.8 Å². The Morgan fingerprint density at radius 3 is 2.67 bits per heavy atom. The number of thioether (sulfide) groups is 1. The smallest absolute Gasteiger partial charge is 0.410 e. The number of anilines is 1. The van der Waals surface area contributed by atoms with Gasteiger partial charge in [-0.2, -0.15) is 0 Å². The lowest BCUT2D eigenvalue weighted by Gasteiger charge is -2.35. The van der Waals surface area contributed by atoms with E-state index < -0.39 is 0 Å². The van der Waals surface area contributed by atoms with Crippen LogP contribution in [0.5, 0.6) is 0 Å². The first kappa shape index (κ1) is 17.7. The normalized spacial score (nSPS) is 14.6. The SMILES string of the molecule is CSc1nc2ccc(N3CCN(C(=O)OCc4ccccc4)CC3)cc2o1. The molecule has 0 spiro atoms. The number of carbonyl (C=O) groups is 1. The van der Waals surface area contributed by atoms with Crippen molar-refractivity contribution in [2.24, 2.45) is 0 Å². The minimum absolute atomic E-state index is 0.256. The van der Waals surface area contributed by atoms with Crippen LogP contribution in [0.15, 0.2) is 58.2 Å². The minimum atomic E-state index is -0.256. The fraction of sp³-hybridized carbons (Fsp3) is 0.300. The van der Waals surface area contributed by atoms with Crippen LogP contribution in [-0.2, 0) is 11.3 Å². The van der Waals surface area contributed by atoms with Gasteiger partial charge in [-0.1, -0.05) is 42.1 Å². The van der Waals surface area contributed by atoms with E-state index in [0.717, 1.165) is 35.4 Å². The monoisotopic (exact) mass is 383 g/mol. The Morgan fingerprint density at radius 1 is 1.15 bits per heavy atom. The Bertz CT molecular complexity index is 921. The van der Waals surface area contributed by atoms with Gasteiger partial charge < -0.3 is 19.0 Å². The summed E-state index contributed by atoms with van der Waals surface area (Å²) in [6.45, 7) is 3.10. The van der Waals surface area contributed by atoms with Crippen LogP contribution in [0.1, 0.15) is 5.56 Å². The number of ether oxygens (including phenoxy) is 1. The highest BCUT2D eigenvalue weighted by atomic mass is 32.2. The molecule has 0 atom stereocenters. The highest BCUT2D eigenvalue weighted by molar-refractivity contribution is 7.98. The number of amides is 1. The standard InChI is InChI=1S/C20H21N3O3S/c1-27-19-21-17-8-7-16(13-18(17)26-19)22-9-11-23(12-10-22)20(24)25-14-15-5-3-2-4-6-15/h2-8,13H,9-12,14H2,1H3. The van der Waals surface area contributed by atoms with Gasteiger partial charge in [0.05, 0.1) is 0 Å². The van der Waals surface area contributed by atoms with Gasteiger partial charge in [0.25, 0.3) is 5.22 Å². The molecule has 0 unspecified atom stereocenters. The summed E-state index contributed by atoms with van der Waals surface area (Å²) in [4.78, 5) is 20.7. The van der Waals surface area contributed by atoms with Crippen molar-refractivity contribution < 1.29 is 13.9 Å². The molecule has 7 heteroatoms. The van der Waals surface area contributed by atoms with Crippen molar-refractivity contribution in [3.05, 3.63) is 54.1 Å². The van der Waals surface area contributed by atoms with Crippen LogP contribution in [0.2, 0.25) is 0 Å². The second-order valence-corrected chi connectivity index (χ2v) is 7.11. The van der Waals surface area contributed by atoms with E-state index in [4.69, 9.17) is 9.15 Å². The molecular weight excluding hydrogens is 362 g/mol. The molecule has 4 rings (SSSR count). The average molecular weight is 383 g/mol. The van der Waals surface area contributed by atoms with Crippen molar-refractivity contribution in [2.45, 2.75) is 11.8 Å². The maximum Gasteiger partial charge on any atom is 0.410 e. The summed E-state index contributed by atoms with van der Waals surface area (Å²) in [5.74, 6) is 0. The number of rotatable bonds is 4. The Morgan fingerprint density at radius 2 is 1.93 bits per heavy atom. The number of fused-ring (bicyclic) bond motifs is 1. The molecule has 6 nitrogen and oxygen atoms in total. The number of piperazine rings is 1.